The number of hydrogen-bond acceptors (Lipinski definition) is 4. The number of anilines is 1. The summed E-state index contributed by atoms with van der Waals surface area (Å²) in [5.41, 5.74) is 2.01. The maximum Gasteiger partial charge on any atom is 0.159 e. The van der Waals surface area contributed by atoms with E-state index in [4.69, 9.17) is 0 Å². The number of nitrogens with zero attached hydrogens (tertiary/aromatic N) is 3. The van der Waals surface area contributed by atoms with E-state index in [0.29, 0.717) is 6.04 Å². The molecule has 1 N–H and O–H groups in total. The van der Waals surface area contributed by atoms with Crippen molar-refractivity contribution < 1.29 is 0 Å². The average Bonchev–Trinajstić information content (AvgIpc) is 2.98. The summed E-state index contributed by atoms with van der Waals surface area (Å²) in [5.74, 6) is 0. The minimum atomic E-state index is 0.374. The predicted molar refractivity (Wildman–Crippen MR) is 84.4 cm³/mol. The van der Waals surface area contributed by atoms with Gasteiger partial charge in [-0.1, -0.05) is 0 Å². The summed E-state index contributed by atoms with van der Waals surface area (Å²) in [6, 6.07) is 6.78. The molecule has 1 unspecified atom stereocenters. The fraction of sp³-hybridized carbons (Fsp3) is 0.333. The Morgan fingerprint density at radius 1 is 1.35 bits per heavy atom. The standard InChI is InChI=1S/C15H18N4S/c1-10(8-12-5-4-11(2)20-12)18-14-6-7-16-15-13(14)9-17-19(15)3/h4-7,9-10H,8H2,1-3H3,(H,16,18). The van der Waals surface area contributed by atoms with Gasteiger partial charge in [0.2, 0.25) is 0 Å². The molecule has 5 heteroatoms. The van der Waals surface area contributed by atoms with Gasteiger partial charge in [0.05, 0.1) is 11.6 Å². The zero-order valence-electron chi connectivity index (χ0n) is 11.9. The van der Waals surface area contributed by atoms with Crippen molar-refractivity contribution in [2.24, 2.45) is 7.05 Å². The van der Waals surface area contributed by atoms with Gasteiger partial charge >= 0.3 is 0 Å². The smallest absolute Gasteiger partial charge is 0.159 e. The molecule has 0 aliphatic heterocycles. The second kappa shape index (κ2) is 5.25. The molecule has 0 radical (unpaired) electrons. The molecule has 4 nitrogen and oxygen atoms in total. The van der Waals surface area contributed by atoms with Crippen molar-refractivity contribution >= 4 is 28.1 Å². The Morgan fingerprint density at radius 3 is 2.95 bits per heavy atom. The molecule has 3 heterocycles. The number of pyridine rings is 1. The molecule has 0 spiro atoms. The molecule has 0 aliphatic rings. The lowest BCUT2D eigenvalue weighted by Crippen LogP contribution is -2.17. The first-order chi connectivity index (χ1) is 9.63. The summed E-state index contributed by atoms with van der Waals surface area (Å²) in [7, 11) is 1.91. The van der Waals surface area contributed by atoms with E-state index in [0.717, 1.165) is 23.1 Å². The molecule has 0 saturated carbocycles. The maximum atomic E-state index is 4.36. The second-order valence-corrected chi connectivity index (χ2v) is 6.50. The zero-order chi connectivity index (χ0) is 14.1. The maximum absolute atomic E-state index is 4.36. The van der Waals surface area contributed by atoms with E-state index in [1.807, 2.05) is 36.8 Å². The summed E-state index contributed by atoms with van der Waals surface area (Å²) >= 11 is 1.87. The number of fused-ring (bicyclic) bond motifs is 1. The first-order valence-corrected chi connectivity index (χ1v) is 7.53. The van der Waals surface area contributed by atoms with Gasteiger partial charge in [0.15, 0.2) is 5.65 Å². The SMILES string of the molecule is Cc1ccc(CC(C)Nc2ccnc3c2cnn3C)s1. The predicted octanol–water partition coefficient (Wildman–Crippen LogP) is 3.38. The summed E-state index contributed by atoms with van der Waals surface area (Å²) in [6.45, 7) is 4.35. The van der Waals surface area contributed by atoms with Crippen LogP contribution in [-0.2, 0) is 13.5 Å². The van der Waals surface area contributed by atoms with E-state index in [9.17, 15) is 0 Å². The lowest BCUT2D eigenvalue weighted by Gasteiger charge is -2.15. The summed E-state index contributed by atoms with van der Waals surface area (Å²) in [5, 5.41) is 8.91. The molecule has 0 aromatic carbocycles. The van der Waals surface area contributed by atoms with Crippen molar-refractivity contribution in [2.75, 3.05) is 5.32 Å². The second-order valence-electron chi connectivity index (χ2n) is 5.13. The quantitative estimate of drug-likeness (QED) is 0.799. The van der Waals surface area contributed by atoms with Crippen LogP contribution in [0.2, 0.25) is 0 Å². The minimum Gasteiger partial charge on any atom is -0.382 e. The Hall–Kier alpha value is -1.88. The Bertz CT molecular complexity index is 728. The van der Waals surface area contributed by atoms with E-state index in [-0.39, 0.29) is 0 Å². The fourth-order valence-corrected chi connectivity index (χ4v) is 3.40. The van der Waals surface area contributed by atoms with Crippen molar-refractivity contribution in [3.8, 4) is 0 Å². The minimum absolute atomic E-state index is 0.374. The van der Waals surface area contributed by atoms with Crippen LogP contribution in [0.25, 0.3) is 11.0 Å². The van der Waals surface area contributed by atoms with Crippen LogP contribution >= 0.6 is 11.3 Å². The highest BCUT2D eigenvalue weighted by molar-refractivity contribution is 7.11. The number of hydrogen-bond donors (Lipinski definition) is 1. The van der Waals surface area contributed by atoms with Crippen molar-refractivity contribution in [3.63, 3.8) is 0 Å². The van der Waals surface area contributed by atoms with Gasteiger partial charge in [0.25, 0.3) is 0 Å². The fourth-order valence-electron chi connectivity index (χ4n) is 2.39. The zero-order valence-corrected chi connectivity index (χ0v) is 12.7. The third-order valence-corrected chi connectivity index (χ3v) is 4.36. The topological polar surface area (TPSA) is 42.7 Å². The molecule has 0 amide bonds. The molecule has 3 rings (SSSR count). The Morgan fingerprint density at radius 2 is 2.20 bits per heavy atom. The van der Waals surface area contributed by atoms with Crippen LogP contribution in [-0.4, -0.2) is 20.8 Å². The molecule has 3 aromatic heterocycles. The highest BCUT2D eigenvalue weighted by Crippen LogP contribution is 2.23. The molecule has 1 atom stereocenters. The molecule has 104 valence electrons. The van der Waals surface area contributed by atoms with Gasteiger partial charge < -0.3 is 5.32 Å². The first kappa shape index (κ1) is 13.1. The van der Waals surface area contributed by atoms with E-state index < -0.39 is 0 Å². The van der Waals surface area contributed by atoms with Crippen LogP contribution in [0.4, 0.5) is 5.69 Å². The van der Waals surface area contributed by atoms with Crippen LogP contribution in [0.1, 0.15) is 16.7 Å². The van der Waals surface area contributed by atoms with Crippen LogP contribution in [0.15, 0.2) is 30.6 Å². The molecule has 0 saturated heterocycles. The monoisotopic (exact) mass is 286 g/mol. The van der Waals surface area contributed by atoms with Gasteiger partial charge in [-0.2, -0.15) is 5.10 Å². The van der Waals surface area contributed by atoms with Crippen molar-refractivity contribution in [3.05, 3.63) is 40.3 Å². The largest absolute Gasteiger partial charge is 0.382 e. The number of aromatic nitrogens is 3. The van der Waals surface area contributed by atoms with Crippen molar-refractivity contribution in [1.82, 2.24) is 14.8 Å². The Kier molecular flexibility index (Phi) is 3.44. The Labute approximate surface area is 122 Å². The van der Waals surface area contributed by atoms with Gasteiger partial charge in [0.1, 0.15) is 0 Å². The number of aryl methyl sites for hydroxylation is 2. The van der Waals surface area contributed by atoms with E-state index in [1.165, 1.54) is 9.75 Å². The average molecular weight is 286 g/mol. The number of rotatable bonds is 4. The number of thiophene rings is 1. The summed E-state index contributed by atoms with van der Waals surface area (Å²) in [4.78, 5) is 7.14. The summed E-state index contributed by atoms with van der Waals surface area (Å²) < 4.78 is 1.80. The molecule has 20 heavy (non-hydrogen) atoms. The molecular weight excluding hydrogens is 268 g/mol. The van der Waals surface area contributed by atoms with Gasteiger partial charge in [-0.05, 0) is 32.0 Å². The van der Waals surface area contributed by atoms with E-state index in [1.54, 1.807) is 4.68 Å². The van der Waals surface area contributed by atoms with Crippen LogP contribution in [0, 0.1) is 6.92 Å². The molecule has 0 fully saturated rings. The van der Waals surface area contributed by atoms with Crippen LogP contribution in [0.3, 0.4) is 0 Å². The third kappa shape index (κ3) is 2.54. The van der Waals surface area contributed by atoms with Gasteiger partial charge in [-0.15, -0.1) is 11.3 Å². The van der Waals surface area contributed by atoms with Gasteiger partial charge in [-0.25, -0.2) is 4.98 Å². The Balaban J connectivity index is 1.78. The lowest BCUT2D eigenvalue weighted by atomic mass is 10.2. The van der Waals surface area contributed by atoms with E-state index in [2.05, 4.69) is 41.4 Å². The molecule has 3 aromatic rings. The van der Waals surface area contributed by atoms with Crippen LogP contribution in [0.5, 0.6) is 0 Å². The highest BCUT2D eigenvalue weighted by Gasteiger charge is 2.10. The van der Waals surface area contributed by atoms with Gasteiger partial charge in [-0.3, -0.25) is 4.68 Å². The summed E-state index contributed by atoms with van der Waals surface area (Å²) in [6.07, 6.45) is 4.73. The molecule has 0 bridgehead atoms. The molecule has 0 aliphatic carbocycles. The molecular formula is C15H18N4S. The lowest BCUT2D eigenvalue weighted by molar-refractivity contribution is 0.786. The van der Waals surface area contributed by atoms with E-state index >= 15 is 0 Å². The normalized spacial score (nSPS) is 12.8. The van der Waals surface area contributed by atoms with Crippen LogP contribution < -0.4 is 5.32 Å². The number of nitrogens with one attached hydrogen (secondary N) is 1. The highest BCUT2D eigenvalue weighted by atomic mass is 32.1. The van der Waals surface area contributed by atoms with Crippen molar-refractivity contribution in [1.29, 1.82) is 0 Å². The van der Waals surface area contributed by atoms with Crippen molar-refractivity contribution in [2.45, 2.75) is 26.3 Å². The van der Waals surface area contributed by atoms with Gasteiger partial charge in [0, 0.05) is 41.1 Å². The third-order valence-electron chi connectivity index (χ3n) is 3.34. The first-order valence-electron chi connectivity index (χ1n) is 6.72.